The van der Waals surface area contributed by atoms with Crippen LogP contribution in [0.1, 0.15) is 17.0 Å². The van der Waals surface area contributed by atoms with Crippen molar-refractivity contribution in [1.29, 1.82) is 10.5 Å². The van der Waals surface area contributed by atoms with E-state index in [4.69, 9.17) is 5.73 Å². The third-order valence-corrected chi connectivity index (χ3v) is 6.81. The fourth-order valence-electron chi connectivity index (χ4n) is 3.42. The molecule has 0 saturated heterocycles. The SMILES string of the molecule is N#CC1=C(N)n2c(s/c(=C/c3cccc(Br)c3)c2=O)=C(C#N)C1c1cccc(Br)c1. The second kappa shape index (κ2) is 8.08. The summed E-state index contributed by atoms with van der Waals surface area (Å²) in [6.07, 6.45) is 1.76. The van der Waals surface area contributed by atoms with Crippen LogP contribution >= 0.6 is 43.2 Å². The highest BCUT2D eigenvalue weighted by molar-refractivity contribution is 9.10. The first kappa shape index (κ1) is 20.4. The molecule has 1 aliphatic rings. The summed E-state index contributed by atoms with van der Waals surface area (Å²) in [5.74, 6) is -0.569. The first-order valence-electron chi connectivity index (χ1n) is 8.73. The Labute approximate surface area is 192 Å². The van der Waals surface area contributed by atoms with Gasteiger partial charge in [0.05, 0.1) is 33.7 Å². The van der Waals surface area contributed by atoms with Crippen molar-refractivity contribution in [2.75, 3.05) is 0 Å². The Morgan fingerprint density at radius 1 is 1.03 bits per heavy atom. The first-order chi connectivity index (χ1) is 14.4. The average molecular weight is 540 g/mol. The van der Waals surface area contributed by atoms with Crippen molar-refractivity contribution >= 4 is 60.7 Å². The predicted octanol–water partition coefficient (Wildman–Crippen LogP) is 3.39. The molecule has 2 heterocycles. The van der Waals surface area contributed by atoms with Crippen LogP contribution in [0.25, 0.3) is 17.5 Å². The number of nitrogens with zero attached hydrogens (tertiary/aromatic N) is 3. The van der Waals surface area contributed by atoms with E-state index in [2.05, 4.69) is 44.0 Å². The number of nitrogens with two attached hydrogens (primary N) is 1. The molecule has 2 aromatic carbocycles. The van der Waals surface area contributed by atoms with E-state index in [0.29, 0.717) is 14.8 Å². The standard InChI is InChI=1S/C22H12Br2N4OS/c23-14-5-1-3-12(7-14)8-18-21(29)28-20(27)16(10-25)19(17(11-26)22(28)30-18)13-4-2-6-15(24)9-13/h1-9,19H,27H2/b18-8+. The lowest BCUT2D eigenvalue weighted by atomic mass is 9.84. The van der Waals surface area contributed by atoms with Gasteiger partial charge in [0.1, 0.15) is 10.5 Å². The van der Waals surface area contributed by atoms with Crippen LogP contribution in [0.15, 0.2) is 67.8 Å². The number of rotatable bonds is 2. The maximum atomic E-state index is 13.1. The van der Waals surface area contributed by atoms with Crippen molar-refractivity contribution in [2.24, 2.45) is 5.73 Å². The van der Waals surface area contributed by atoms with Crippen molar-refractivity contribution < 1.29 is 0 Å². The summed E-state index contributed by atoms with van der Waals surface area (Å²) in [6.45, 7) is 0. The van der Waals surface area contributed by atoms with E-state index in [-0.39, 0.29) is 17.0 Å². The van der Waals surface area contributed by atoms with Crippen molar-refractivity contribution in [3.63, 3.8) is 0 Å². The molecule has 0 spiro atoms. The van der Waals surface area contributed by atoms with Crippen molar-refractivity contribution in [2.45, 2.75) is 5.92 Å². The van der Waals surface area contributed by atoms with Crippen molar-refractivity contribution in [3.05, 3.63) is 93.7 Å². The van der Waals surface area contributed by atoms with E-state index < -0.39 is 5.92 Å². The van der Waals surface area contributed by atoms with Crippen LogP contribution in [0.4, 0.5) is 0 Å². The van der Waals surface area contributed by atoms with E-state index in [1.54, 1.807) is 6.08 Å². The van der Waals surface area contributed by atoms with E-state index >= 15 is 0 Å². The molecule has 1 aliphatic heterocycles. The number of benzene rings is 2. The fraction of sp³-hybridized carbons (Fsp3) is 0.0455. The van der Waals surface area contributed by atoms with Gasteiger partial charge in [0.2, 0.25) is 0 Å². The molecule has 0 fully saturated rings. The summed E-state index contributed by atoms with van der Waals surface area (Å²) in [7, 11) is 0. The molecule has 0 saturated carbocycles. The van der Waals surface area contributed by atoms with Gasteiger partial charge in [0.15, 0.2) is 0 Å². The smallest absolute Gasteiger partial charge is 0.274 e. The summed E-state index contributed by atoms with van der Waals surface area (Å²) >= 11 is 8.06. The Hall–Kier alpha value is -2.91. The number of halogens is 2. The molecule has 1 aromatic heterocycles. The second-order valence-corrected chi connectivity index (χ2v) is 9.40. The lowest BCUT2D eigenvalue weighted by molar-refractivity contribution is 0.906. The molecular weight excluding hydrogens is 528 g/mol. The van der Waals surface area contributed by atoms with Gasteiger partial charge < -0.3 is 5.73 Å². The van der Waals surface area contributed by atoms with Gasteiger partial charge in [-0.3, -0.25) is 9.36 Å². The first-order valence-corrected chi connectivity index (χ1v) is 11.1. The molecule has 8 heteroatoms. The predicted molar refractivity (Wildman–Crippen MR) is 124 cm³/mol. The molecule has 0 aliphatic carbocycles. The number of hydrogen-bond acceptors (Lipinski definition) is 5. The van der Waals surface area contributed by atoms with Gasteiger partial charge in [0.25, 0.3) is 5.56 Å². The molecule has 1 unspecified atom stereocenters. The highest BCUT2D eigenvalue weighted by Gasteiger charge is 2.32. The highest BCUT2D eigenvalue weighted by Crippen LogP contribution is 2.36. The molecule has 3 aromatic rings. The van der Waals surface area contributed by atoms with Crippen LogP contribution in [-0.4, -0.2) is 4.57 Å². The zero-order chi connectivity index (χ0) is 21.4. The maximum absolute atomic E-state index is 13.1. The van der Waals surface area contributed by atoms with Gasteiger partial charge in [-0.05, 0) is 41.5 Å². The summed E-state index contributed by atoms with van der Waals surface area (Å²) < 4.78 is 3.88. The zero-order valence-electron chi connectivity index (χ0n) is 15.3. The van der Waals surface area contributed by atoms with Gasteiger partial charge in [-0.1, -0.05) is 56.1 Å². The monoisotopic (exact) mass is 538 g/mol. The molecular formula is C22H12Br2N4OS. The third-order valence-electron chi connectivity index (χ3n) is 4.72. The maximum Gasteiger partial charge on any atom is 0.274 e. The molecule has 30 heavy (non-hydrogen) atoms. The lowest BCUT2D eigenvalue weighted by Gasteiger charge is -2.22. The van der Waals surface area contributed by atoms with Gasteiger partial charge in [-0.2, -0.15) is 10.5 Å². The summed E-state index contributed by atoms with van der Waals surface area (Å²) in [5, 5.41) is 19.8. The molecule has 2 N–H and O–H groups in total. The Balaban J connectivity index is 2.07. The van der Waals surface area contributed by atoms with Crippen LogP contribution < -0.4 is 20.5 Å². The summed E-state index contributed by atoms with van der Waals surface area (Å²) in [5.41, 5.74) is 8.05. The normalized spacial score (nSPS) is 16.2. The number of nitriles is 2. The number of aromatic nitrogens is 1. The van der Waals surface area contributed by atoms with E-state index in [1.165, 1.54) is 15.9 Å². The largest absolute Gasteiger partial charge is 0.384 e. The molecule has 0 radical (unpaired) electrons. The Morgan fingerprint density at radius 3 is 2.33 bits per heavy atom. The van der Waals surface area contributed by atoms with Gasteiger partial charge in [-0.25, -0.2) is 0 Å². The minimum atomic E-state index is -0.630. The Morgan fingerprint density at radius 2 is 1.70 bits per heavy atom. The van der Waals surface area contributed by atoms with Crippen LogP contribution in [0, 0.1) is 22.7 Å². The van der Waals surface area contributed by atoms with E-state index in [1.807, 2.05) is 48.5 Å². The fourth-order valence-corrected chi connectivity index (χ4v) is 5.38. The van der Waals surface area contributed by atoms with Crippen LogP contribution in [0.3, 0.4) is 0 Å². The molecule has 0 bridgehead atoms. The number of thiazole rings is 1. The quantitative estimate of drug-likeness (QED) is 0.540. The van der Waals surface area contributed by atoms with Crippen LogP contribution in [0.2, 0.25) is 0 Å². The zero-order valence-corrected chi connectivity index (χ0v) is 19.3. The van der Waals surface area contributed by atoms with E-state index in [9.17, 15) is 15.3 Å². The number of allylic oxidation sites excluding steroid dienone is 1. The molecule has 0 amide bonds. The van der Waals surface area contributed by atoms with Crippen LogP contribution in [-0.2, 0) is 0 Å². The van der Waals surface area contributed by atoms with Gasteiger partial charge in [-0.15, -0.1) is 11.3 Å². The number of fused-ring (bicyclic) bond motifs is 1. The minimum absolute atomic E-state index is 0.0617. The molecule has 1 atom stereocenters. The summed E-state index contributed by atoms with van der Waals surface area (Å²) in [6, 6.07) is 19.3. The van der Waals surface area contributed by atoms with Gasteiger partial charge in [0, 0.05) is 8.95 Å². The highest BCUT2D eigenvalue weighted by atomic mass is 79.9. The molecule has 146 valence electrons. The van der Waals surface area contributed by atoms with Crippen molar-refractivity contribution in [1.82, 2.24) is 4.57 Å². The average Bonchev–Trinajstić information content (AvgIpc) is 3.04. The molecule has 5 nitrogen and oxygen atoms in total. The summed E-state index contributed by atoms with van der Waals surface area (Å²) in [4.78, 5) is 13.1. The minimum Gasteiger partial charge on any atom is -0.384 e. The van der Waals surface area contributed by atoms with Crippen molar-refractivity contribution in [3.8, 4) is 12.1 Å². The lowest BCUT2D eigenvalue weighted by Crippen LogP contribution is -2.38. The molecule has 4 rings (SSSR count). The second-order valence-electron chi connectivity index (χ2n) is 6.54. The Kier molecular flexibility index (Phi) is 5.48. The topological polar surface area (TPSA) is 95.6 Å². The van der Waals surface area contributed by atoms with E-state index in [0.717, 1.165) is 20.1 Å². The third kappa shape index (κ3) is 3.44. The number of hydrogen-bond donors (Lipinski definition) is 1. The van der Waals surface area contributed by atoms with Gasteiger partial charge >= 0.3 is 0 Å². The van der Waals surface area contributed by atoms with Crippen LogP contribution in [0.5, 0.6) is 0 Å². The Bertz CT molecular complexity index is 1480.